The summed E-state index contributed by atoms with van der Waals surface area (Å²) in [4.78, 5) is 11.9. The van der Waals surface area contributed by atoms with Crippen LogP contribution in [0.1, 0.15) is 18.4 Å². The summed E-state index contributed by atoms with van der Waals surface area (Å²) in [5, 5.41) is 0. The molecular formula is C15H13F3O3. The fourth-order valence-corrected chi connectivity index (χ4v) is 2.25. The van der Waals surface area contributed by atoms with E-state index in [1.54, 1.807) is 24.3 Å². The number of fused-ring (bicyclic) bond motifs is 1. The largest absolute Gasteiger partial charge is 0.488 e. The summed E-state index contributed by atoms with van der Waals surface area (Å²) in [6.45, 7) is -0.0783. The van der Waals surface area contributed by atoms with Gasteiger partial charge in [-0.1, -0.05) is 18.2 Å². The molecule has 0 spiro atoms. The number of alkyl halides is 3. The van der Waals surface area contributed by atoms with Crippen LogP contribution in [0.5, 0.6) is 5.75 Å². The predicted octanol–water partition coefficient (Wildman–Crippen LogP) is 3.35. The van der Waals surface area contributed by atoms with Crippen LogP contribution in [0.4, 0.5) is 13.2 Å². The van der Waals surface area contributed by atoms with E-state index in [0.29, 0.717) is 24.2 Å². The second-order valence-corrected chi connectivity index (χ2v) is 5.20. The van der Waals surface area contributed by atoms with Crippen LogP contribution in [-0.2, 0) is 9.53 Å². The standard InChI is InChI=1S/C15H13F3O3/c16-15(17,18)13(9-5-6-9)21-14(19)11-7-10-3-1-2-4-12(10)20-8-11/h1-4,7,9,13H,5-6,8H2/t13-/m1/s1. The number of esters is 1. The molecule has 21 heavy (non-hydrogen) atoms. The third kappa shape index (κ3) is 3.04. The van der Waals surface area contributed by atoms with E-state index in [9.17, 15) is 18.0 Å². The highest BCUT2D eigenvalue weighted by Gasteiger charge is 2.52. The first-order valence-electron chi connectivity index (χ1n) is 6.65. The van der Waals surface area contributed by atoms with Crippen molar-refractivity contribution in [3.63, 3.8) is 0 Å². The number of ether oxygens (including phenoxy) is 2. The number of hydrogen-bond donors (Lipinski definition) is 0. The number of benzene rings is 1. The molecule has 0 amide bonds. The van der Waals surface area contributed by atoms with Gasteiger partial charge in [-0.3, -0.25) is 0 Å². The molecule has 0 N–H and O–H groups in total. The third-order valence-electron chi connectivity index (χ3n) is 3.50. The number of halogens is 3. The zero-order valence-electron chi connectivity index (χ0n) is 11.0. The lowest BCUT2D eigenvalue weighted by Crippen LogP contribution is -2.36. The van der Waals surface area contributed by atoms with Gasteiger partial charge in [-0.25, -0.2) is 4.79 Å². The fraction of sp³-hybridized carbons (Fsp3) is 0.400. The maximum absolute atomic E-state index is 12.8. The van der Waals surface area contributed by atoms with E-state index in [0.717, 1.165) is 0 Å². The summed E-state index contributed by atoms with van der Waals surface area (Å²) in [5.41, 5.74) is 0.759. The average Bonchev–Trinajstić information content (AvgIpc) is 3.27. The quantitative estimate of drug-likeness (QED) is 0.803. The highest BCUT2D eigenvalue weighted by atomic mass is 19.4. The first-order valence-corrected chi connectivity index (χ1v) is 6.65. The Morgan fingerprint density at radius 3 is 2.67 bits per heavy atom. The topological polar surface area (TPSA) is 35.5 Å². The number of rotatable bonds is 3. The van der Waals surface area contributed by atoms with Crippen molar-refractivity contribution in [3.05, 3.63) is 35.4 Å². The maximum Gasteiger partial charge on any atom is 0.425 e. The summed E-state index contributed by atoms with van der Waals surface area (Å²) in [6.07, 6.45) is -4.14. The average molecular weight is 298 g/mol. The second kappa shape index (κ2) is 5.09. The lowest BCUT2D eigenvalue weighted by atomic mass is 10.1. The summed E-state index contributed by atoms with van der Waals surface area (Å²) in [7, 11) is 0. The first-order chi connectivity index (χ1) is 9.95. The first kappa shape index (κ1) is 14.0. The van der Waals surface area contributed by atoms with E-state index in [1.807, 2.05) is 0 Å². The van der Waals surface area contributed by atoms with Gasteiger partial charge in [-0.05, 0) is 25.0 Å². The molecule has 1 fully saturated rings. The van der Waals surface area contributed by atoms with Crippen molar-refractivity contribution in [2.45, 2.75) is 25.1 Å². The van der Waals surface area contributed by atoms with Gasteiger partial charge >= 0.3 is 12.1 Å². The predicted molar refractivity (Wildman–Crippen MR) is 68.6 cm³/mol. The van der Waals surface area contributed by atoms with Crippen LogP contribution in [-0.4, -0.2) is 24.9 Å². The minimum absolute atomic E-state index is 0.0783. The van der Waals surface area contributed by atoms with Gasteiger partial charge in [0.25, 0.3) is 0 Å². The van der Waals surface area contributed by atoms with Crippen LogP contribution in [0, 0.1) is 5.92 Å². The van der Waals surface area contributed by atoms with Crippen LogP contribution in [0.2, 0.25) is 0 Å². The Hall–Kier alpha value is -1.98. The summed E-state index contributed by atoms with van der Waals surface area (Å²) in [5.74, 6) is -0.964. The summed E-state index contributed by atoms with van der Waals surface area (Å²) < 4.78 is 48.6. The Morgan fingerprint density at radius 1 is 1.29 bits per heavy atom. The van der Waals surface area contributed by atoms with Gasteiger partial charge in [0.15, 0.2) is 6.10 Å². The number of para-hydroxylation sites is 1. The van der Waals surface area contributed by atoms with E-state index in [2.05, 4.69) is 4.74 Å². The summed E-state index contributed by atoms with van der Waals surface area (Å²) in [6, 6.07) is 7.00. The van der Waals surface area contributed by atoms with E-state index in [-0.39, 0.29) is 12.2 Å². The molecule has 6 heteroatoms. The molecule has 3 rings (SSSR count). The number of carbonyl (C=O) groups is 1. The molecule has 0 saturated heterocycles. The molecule has 3 nitrogen and oxygen atoms in total. The van der Waals surface area contributed by atoms with E-state index in [4.69, 9.17) is 4.74 Å². The molecule has 0 aromatic heterocycles. The molecule has 1 aromatic rings. The molecule has 0 unspecified atom stereocenters. The van der Waals surface area contributed by atoms with Crippen molar-refractivity contribution in [1.82, 2.24) is 0 Å². The van der Waals surface area contributed by atoms with Crippen molar-refractivity contribution in [3.8, 4) is 5.75 Å². The zero-order chi connectivity index (χ0) is 15.0. The van der Waals surface area contributed by atoms with Gasteiger partial charge in [0, 0.05) is 11.5 Å². The van der Waals surface area contributed by atoms with Crippen molar-refractivity contribution in [2.75, 3.05) is 6.61 Å². The van der Waals surface area contributed by atoms with Crippen molar-refractivity contribution >= 4 is 12.0 Å². The van der Waals surface area contributed by atoms with E-state index < -0.39 is 24.2 Å². The molecular weight excluding hydrogens is 285 g/mol. The monoisotopic (exact) mass is 298 g/mol. The molecule has 1 saturated carbocycles. The van der Waals surface area contributed by atoms with Crippen LogP contribution < -0.4 is 4.74 Å². The fourth-order valence-electron chi connectivity index (χ4n) is 2.25. The van der Waals surface area contributed by atoms with Crippen molar-refractivity contribution in [2.24, 2.45) is 5.92 Å². The molecule has 1 heterocycles. The Balaban J connectivity index is 1.75. The SMILES string of the molecule is O=C(O[C@H](C1CC1)C(F)(F)F)C1=Cc2ccccc2OC1. The van der Waals surface area contributed by atoms with E-state index in [1.165, 1.54) is 6.08 Å². The second-order valence-electron chi connectivity index (χ2n) is 5.20. The van der Waals surface area contributed by atoms with Crippen molar-refractivity contribution in [1.29, 1.82) is 0 Å². The van der Waals surface area contributed by atoms with E-state index >= 15 is 0 Å². The Kier molecular flexibility index (Phi) is 3.39. The molecule has 1 atom stereocenters. The molecule has 1 aromatic carbocycles. The minimum Gasteiger partial charge on any atom is -0.488 e. The van der Waals surface area contributed by atoms with Gasteiger partial charge in [-0.2, -0.15) is 13.2 Å². The van der Waals surface area contributed by atoms with Gasteiger partial charge in [0.1, 0.15) is 12.4 Å². The normalized spacial score (nSPS) is 19.1. The van der Waals surface area contributed by atoms with Crippen LogP contribution in [0.3, 0.4) is 0 Å². The summed E-state index contributed by atoms with van der Waals surface area (Å²) >= 11 is 0. The molecule has 1 aliphatic heterocycles. The molecule has 112 valence electrons. The van der Waals surface area contributed by atoms with Gasteiger partial charge in [0.2, 0.25) is 0 Å². The minimum atomic E-state index is -4.52. The lowest BCUT2D eigenvalue weighted by molar-refractivity contribution is -0.224. The smallest absolute Gasteiger partial charge is 0.425 e. The molecule has 0 radical (unpaired) electrons. The molecule has 0 bridgehead atoms. The van der Waals surface area contributed by atoms with Crippen molar-refractivity contribution < 1.29 is 27.4 Å². The van der Waals surface area contributed by atoms with Gasteiger partial charge < -0.3 is 9.47 Å². The third-order valence-corrected chi connectivity index (χ3v) is 3.50. The Bertz CT molecular complexity index is 588. The maximum atomic E-state index is 12.8. The number of carbonyl (C=O) groups excluding carboxylic acids is 1. The highest BCUT2D eigenvalue weighted by molar-refractivity contribution is 5.95. The Morgan fingerprint density at radius 2 is 2.00 bits per heavy atom. The Labute approximate surface area is 119 Å². The lowest BCUT2D eigenvalue weighted by Gasteiger charge is -2.22. The number of hydrogen-bond acceptors (Lipinski definition) is 3. The zero-order valence-corrected chi connectivity index (χ0v) is 11.0. The highest BCUT2D eigenvalue weighted by Crippen LogP contribution is 2.42. The molecule has 2 aliphatic rings. The van der Waals surface area contributed by atoms with Gasteiger partial charge in [0.05, 0.1) is 5.57 Å². The van der Waals surface area contributed by atoms with Crippen LogP contribution >= 0.6 is 0 Å². The van der Waals surface area contributed by atoms with Gasteiger partial charge in [-0.15, -0.1) is 0 Å². The van der Waals surface area contributed by atoms with Crippen LogP contribution in [0.15, 0.2) is 29.8 Å². The van der Waals surface area contributed by atoms with Crippen LogP contribution in [0.25, 0.3) is 6.08 Å². The molecule has 1 aliphatic carbocycles.